The quantitative estimate of drug-likeness (QED) is 0.651. The number of carbonyl (C=O) groups is 1. The molecule has 144 valence electrons. The van der Waals surface area contributed by atoms with Crippen molar-refractivity contribution < 1.29 is 9.53 Å². The fraction of sp³-hybridized carbons (Fsp3) is 0.348. The van der Waals surface area contributed by atoms with Gasteiger partial charge in [0.1, 0.15) is 12.4 Å². The molecule has 0 aromatic heterocycles. The molecular formula is C23H30N2O2. The zero-order valence-electron chi connectivity index (χ0n) is 16.8. The summed E-state index contributed by atoms with van der Waals surface area (Å²) in [4.78, 5) is 14.5. The molecule has 0 saturated heterocycles. The summed E-state index contributed by atoms with van der Waals surface area (Å²) in [5.74, 6) is 1.18. The molecule has 0 heterocycles. The fourth-order valence-electron chi connectivity index (χ4n) is 2.98. The van der Waals surface area contributed by atoms with Crippen molar-refractivity contribution in [3.63, 3.8) is 0 Å². The molecule has 4 nitrogen and oxygen atoms in total. The molecule has 1 N–H and O–H groups in total. The molecule has 2 aromatic carbocycles. The van der Waals surface area contributed by atoms with Crippen molar-refractivity contribution in [1.82, 2.24) is 4.90 Å². The van der Waals surface area contributed by atoms with Crippen LogP contribution in [0.25, 0.3) is 0 Å². The molecule has 0 aliphatic rings. The minimum absolute atomic E-state index is 0.000337. The number of hydrogen-bond donors (Lipinski definition) is 1. The predicted octanol–water partition coefficient (Wildman–Crippen LogP) is 4.75. The Morgan fingerprint density at radius 1 is 1.22 bits per heavy atom. The lowest BCUT2D eigenvalue weighted by Crippen LogP contribution is -2.30. The van der Waals surface area contributed by atoms with Crippen LogP contribution in [-0.4, -0.2) is 31.0 Å². The maximum absolute atomic E-state index is 12.5. The molecule has 0 unspecified atom stereocenters. The van der Waals surface area contributed by atoms with E-state index in [2.05, 4.69) is 31.8 Å². The van der Waals surface area contributed by atoms with E-state index >= 15 is 0 Å². The monoisotopic (exact) mass is 366 g/mol. The highest BCUT2D eigenvalue weighted by atomic mass is 16.5. The summed E-state index contributed by atoms with van der Waals surface area (Å²) < 4.78 is 5.49. The van der Waals surface area contributed by atoms with Crippen molar-refractivity contribution in [1.29, 1.82) is 0 Å². The Labute approximate surface area is 162 Å². The molecule has 0 bridgehead atoms. The second-order valence-electron chi connectivity index (χ2n) is 7.16. The molecule has 1 amide bonds. The minimum atomic E-state index is -0.000337. The predicted molar refractivity (Wildman–Crippen MR) is 112 cm³/mol. The molecule has 2 aromatic rings. The number of rotatable bonds is 9. The molecule has 27 heavy (non-hydrogen) atoms. The summed E-state index contributed by atoms with van der Waals surface area (Å²) in [6, 6.07) is 14.1. The van der Waals surface area contributed by atoms with Crippen LogP contribution in [0.15, 0.2) is 55.1 Å². The Balaban J connectivity index is 1.93. The Hall–Kier alpha value is -2.59. The number of nitrogens with zero attached hydrogens (tertiary/aromatic N) is 1. The Morgan fingerprint density at radius 3 is 2.56 bits per heavy atom. The van der Waals surface area contributed by atoms with Gasteiger partial charge in [-0.1, -0.05) is 56.8 Å². The molecule has 4 heteroatoms. The number of nitrogens with one attached hydrogen (secondary N) is 1. The normalized spacial score (nSPS) is 10.9. The Bertz CT molecular complexity index is 766. The molecule has 0 radical (unpaired) electrons. The van der Waals surface area contributed by atoms with Gasteiger partial charge in [-0.05, 0) is 48.7 Å². The number of anilines is 1. The first kappa shape index (κ1) is 20.7. The summed E-state index contributed by atoms with van der Waals surface area (Å²) in [5, 5.41) is 3.10. The van der Waals surface area contributed by atoms with E-state index in [1.165, 1.54) is 5.56 Å². The van der Waals surface area contributed by atoms with Gasteiger partial charge in [-0.3, -0.25) is 9.69 Å². The van der Waals surface area contributed by atoms with Crippen molar-refractivity contribution in [2.24, 2.45) is 0 Å². The topological polar surface area (TPSA) is 41.6 Å². The van der Waals surface area contributed by atoms with Gasteiger partial charge in [0.15, 0.2) is 0 Å². The van der Waals surface area contributed by atoms with Crippen LogP contribution in [0.5, 0.6) is 5.75 Å². The van der Waals surface area contributed by atoms with E-state index in [9.17, 15) is 4.79 Å². The average Bonchev–Trinajstić information content (AvgIpc) is 2.62. The third-order valence-electron chi connectivity index (χ3n) is 4.35. The van der Waals surface area contributed by atoms with Crippen LogP contribution in [0.1, 0.15) is 36.5 Å². The van der Waals surface area contributed by atoms with Gasteiger partial charge in [0.25, 0.3) is 0 Å². The number of carbonyl (C=O) groups excluding carboxylic acids is 1. The highest BCUT2D eigenvalue weighted by Crippen LogP contribution is 2.27. The summed E-state index contributed by atoms with van der Waals surface area (Å²) >= 11 is 0. The van der Waals surface area contributed by atoms with Gasteiger partial charge in [-0.25, -0.2) is 0 Å². The van der Waals surface area contributed by atoms with Gasteiger partial charge in [0.05, 0.1) is 6.54 Å². The van der Waals surface area contributed by atoms with Crippen LogP contribution in [0.2, 0.25) is 0 Å². The van der Waals surface area contributed by atoms with E-state index in [0.29, 0.717) is 25.6 Å². The van der Waals surface area contributed by atoms with Crippen molar-refractivity contribution >= 4 is 11.6 Å². The van der Waals surface area contributed by atoms with Gasteiger partial charge < -0.3 is 10.1 Å². The second kappa shape index (κ2) is 9.93. The smallest absolute Gasteiger partial charge is 0.238 e. The standard InChI is InChI=1S/C23H30N2O2/c1-6-14-27-20-12-10-19(11-13-20)15-25(5)16-22(26)24-23-18(4)8-7-9-21(23)17(2)3/h6-13,17H,1,14-16H2,2-5H3,(H,24,26). The molecular weight excluding hydrogens is 336 g/mol. The van der Waals surface area contributed by atoms with Crippen LogP contribution >= 0.6 is 0 Å². The zero-order chi connectivity index (χ0) is 19.8. The van der Waals surface area contributed by atoms with Crippen LogP contribution < -0.4 is 10.1 Å². The van der Waals surface area contributed by atoms with Gasteiger partial charge in [-0.2, -0.15) is 0 Å². The van der Waals surface area contributed by atoms with Gasteiger partial charge in [0, 0.05) is 12.2 Å². The van der Waals surface area contributed by atoms with Crippen LogP contribution in [-0.2, 0) is 11.3 Å². The van der Waals surface area contributed by atoms with E-state index < -0.39 is 0 Å². The number of ether oxygens (including phenoxy) is 1. The zero-order valence-corrected chi connectivity index (χ0v) is 16.8. The van der Waals surface area contributed by atoms with Crippen LogP contribution in [0.4, 0.5) is 5.69 Å². The molecule has 0 aliphatic carbocycles. The summed E-state index contributed by atoms with van der Waals surface area (Å²) in [6.45, 7) is 11.5. The third kappa shape index (κ3) is 6.26. The molecule has 2 rings (SSSR count). The third-order valence-corrected chi connectivity index (χ3v) is 4.35. The first-order chi connectivity index (χ1) is 12.9. The Kier molecular flexibility index (Phi) is 7.62. The van der Waals surface area contributed by atoms with Crippen molar-refractivity contribution in [2.75, 3.05) is 25.5 Å². The van der Waals surface area contributed by atoms with Crippen LogP contribution in [0, 0.1) is 6.92 Å². The van der Waals surface area contributed by atoms with Gasteiger partial charge in [0.2, 0.25) is 5.91 Å². The van der Waals surface area contributed by atoms with E-state index in [0.717, 1.165) is 22.6 Å². The highest BCUT2D eigenvalue weighted by Gasteiger charge is 2.13. The van der Waals surface area contributed by atoms with E-state index in [4.69, 9.17) is 4.74 Å². The van der Waals surface area contributed by atoms with E-state index in [1.807, 2.05) is 55.3 Å². The van der Waals surface area contributed by atoms with Crippen molar-refractivity contribution in [3.05, 3.63) is 71.8 Å². The summed E-state index contributed by atoms with van der Waals surface area (Å²) in [7, 11) is 1.95. The summed E-state index contributed by atoms with van der Waals surface area (Å²) in [6.07, 6.45) is 1.72. The fourth-order valence-corrected chi connectivity index (χ4v) is 2.98. The lowest BCUT2D eigenvalue weighted by Gasteiger charge is -2.20. The second-order valence-corrected chi connectivity index (χ2v) is 7.16. The van der Waals surface area contributed by atoms with Crippen molar-refractivity contribution in [2.45, 2.75) is 33.2 Å². The van der Waals surface area contributed by atoms with Gasteiger partial charge >= 0.3 is 0 Å². The lowest BCUT2D eigenvalue weighted by atomic mass is 9.98. The summed E-state index contributed by atoms with van der Waals surface area (Å²) in [5.41, 5.74) is 4.33. The average molecular weight is 367 g/mol. The number of hydrogen-bond acceptors (Lipinski definition) is 3. The van der Waals surface area contributed by atoms with E-state index in [1.54, 1.807) is 6.08 Å². The van der Waals surface area contributed by atoms with E-state index in [-0.39, 0.29) is 5.91 Å². The molecule has 0 aliphatic heterocycles. The number of likely N-dealkylation sites (N-methyl/N-ethyl adjacent to an activating group) is 1. The minimum Gasteiger partial charge on any atom is -0.490 e. The first-order valence-corrected chi connectivity index (χ1v) is 9.31. The van der Waals surface area contributed by atoms with Crippen molar-refractivity contribution in [3.8, 4) is 5.75 Å². The van der Waals surface area contributed by atoms with Gasteiger partial charge in [-0.15, -0.1) is 0 Å². The first-order valence-electron chi connectivity index (χ1n) is 9.31. The number of amides is 1. The largest absolute Gasteiger partial charge is 0.490 e. The lowest BCUT2D eigenvalue weighted by molar-refractivity contribution is -0.117. The maximum Gasteiger partial charge on any atom is 0.238 e. The highest BCUT2D eigenvalue weighted by molar-refractivity contribution is 5.93. The molecule has 0 atom stereocenters. The SMILES string of the molecule is C=CCOc1ccc(CN(C)CC(=O)Nc2c(C)cccc2C(C)C)cc1. The molecule has 0 fully saturated rings. The number of benzene rings is 2. The number of para-hydroxylation sites is 1. The maximum atomic E-state index is 12.5. The van der Waals surface area contributed by atoms with Crippen LogP contribution in [0.3, 0.4) is 0 Å². The number of aryl methyl sites for hydroxylation is 1. The molecule has 0 saturated carbocycles. The molecule has 0 spiro atoms. The Morgan fingerprint density at radius 2 is 1.93 bits per heavy atom.